The summed E-state index contributed by atoms with van der Waals surface area (Å²) in [4.78, 5) is 12.3. The fourth-order valence-corrected chi connectivity index (χ4v) is 6.24. The van der Waals surface area contributed by atoms with E-state index in [9.17, 15) is 4.79 Å². The molecule has 0 aromatic heterocycles. The van der Waals surface area contributed by atoms with E-state index in [2.05, 4.69) is 91.0 Å². The second-order valence-electron chi connectivity index (χ2n) is 7.18. The predicted octanol–water partition coefficient (Wildman–Crippen LogP) is 7.32. The molecule has 0 aliphatic rings. The van der Waals surface area contributed by atoms with E-state index in [1.165, 1.54) is 27.5 Å². The summed E-state index contributed by atoms with van der Waals surface area (Å²) in [6.07, 6.45) is 1.14. The fourth-order valence-electron chi connectivity index (χ4n) is 3.59. The molecule has 0 N–H and O–H groups in total. The van der Waals surface area contributed by atoms with Crippen LogP contribution in [0.5, 0.6) is 0 Å². The number of hydrogen-bond acceptors (Lipinski definition) is 3. The Morgan fingerprint density at radius 2 is 1.20 bits per heavy atom. The van der Waals surface area contributed by atoms with Crippen molar-refractivity contribution in [3.05, 3.63) is 120 Å². The average Bonchev–Trinajstić information content (AvgIpc) is 2.82. The summed E-state index contributed by atoms with van der Waals surface area (Å²) in [5.41, 5.74) is 3.77. The molecule has 4 aromatic rings. The number of thioether (sulfide) groups is 2. The zero-order valence-corrected chi connectivity index (χ0v) is 18.3. The van der Waals surface area contributed by atoms with Crippen molar-refractivity contribution in [2.45, 2.75) is 22.0 Å². The highest BCUT2D eigenvalue weighted by Gasteiger charge is 2.25. The van der Waals surface area contributed by atoms with E-state index in [-0.39, 0.29) is 10.5 Å². The number of benzene rings is 4. The molecular weight excluding hydrogens is 404 g/mol. The Morgan fingerprint density at radius 3 is 1.87 bits per heavy atom. The Bertz CT molecular complexity index is 1070. The first kappa shape index (κ1) is 20.8. The van der Waals surface area contributed by atoms with Crippen molar-refractivity contribution in [1.29, 1.82) is 0 Å². The van der Waals surface area contributed by atoms with Crippen LogP contribution in [-0.2, 0) is 16.3 Å². The van der Waals surface area contributed by atoms with Crippen LogP contribution in [0.4, 0.5) is 0 Å². The van der Waals surface area contributed by atoms with E-state index < -0.39 is 0 Å². The molecule has 0 aliphatic heterocycles. The van der Waals surface area contributed by atoms with E-state index >= 15 is 0 Å². The van der Waals surface area contributed by atoms with Gasteiger partial charge in [-0.15, -0.1) is 23.5 Å². The van der Waals surface area contributed by atoms with Gasteiger partial charge in [0, 0.05) is 16.8 Å². The summed E-state index contributed by atoms with van der Waals surface area (Å²) >= 11 is 3.59. The van der Waals surface area contributed by atoms with Crippen molar-refractivity contribution in [2.24, 2.45) is 0 Å². The zero-order chi connectivity index (χ0) is 20.6. The first-order chi connectivity index (χ1) is 14.8. The lowest BCUT2D eigenvalue weighted by Crippen LogP contribution is -2.15. The summed E-state index contributed by atoms with van der Waals surface area (Å²) in [6.45, 7) is 0. The minimum Gasteiger partial charge on any atom is -0.302 e. The maximum atomic E-state index is 12.3. The van der Waals surface area contributed by atoms with Crippen LogP contribution in [0.2, 0.25) is 0 Å². The molecule has 1 nitrogen and oxygen atoms in total. The van der Waals surface area contributed by atoms with Crippen molar-refractivity contribution in [3.63, 3.8) is 0 Å². The van der Waals surface area contributed by atoms with E-state index in [4.69, 9.17) is 0 Å². The van der Waals surface area contributed by atoms with Crippen LogP contribution in [0, 0.1) is 0 Å². The van der Waals surface area contributed by atoms with Gasteiger partial charge in [0.05, 0.1) is 5.25 Å². The Labute approximate surface area is 186 Å². The fraction of sp³-hybridized carbons (Fsp3) is 0.148. The summed E-state index contributed by atoms with van der Waals surface area (Å²) in [5.74, 6) is 1.71. The lowest BCUT2D eigenvalue weighted by molar-refractivity contribution is -0.107. The molecule has 0 fully saturated rings. The molecule has 30 heavy (non-hydrogen) atoms. The standard InChI is InChI=1S/C27H24OS2/c28-18-26(29-19-21-10-3-1-4-11-21)27(30-20-22-12-5-2-6-13-22)25-17-9-15-23-14-7-8-16-24(23)25/h1-18,26-27H,19-20H2. The van der Waals surface area contributed by atoms with Crippen LogP contribution in [-0.4, -0.2) is 11.5 Å². The number of rotatable bonds is 9. The van der Waals surface area contributed by atoms with Crippen LogP contribution < -0.4 is 0 Å². The molecule has 2 atom stereocenters. The molecule has 0 amide bonds. The van der Waals surface area contributed by atoms with Gasteiger partial charge in [-0.2, -0.15) is 0 Å². The molecular formula is C27H24OS2. The molecule has 2 unspecified atom stereocenters. The van der Waals surface area contributed by atoms with Gasteiger partial charge in [-0.1, -0.05) is 103 Å². The third-order valence-corrected chi connectivity index (χ3v) is 7.97. The Morgan fingerprint density at radius 1 is 0.633 bits per heavy atom. The predicted molar refractivity (Wildman–Crippen MR) is 132 cm³/mol. The molecule has 0 spiro atoms. The first-order valence-electron chi connectivity index (χ1n) is 10.1. The number of fused-ring (bicyclic) bond motifs is 1. The lowest BCUT2D eigenvalue weighted by Gasteiger charge is -2.24. The van der Waals surface area contributed by atoms with Crippen molar-refractivity contribution in [1.82, 2.24) is 0 Å². The number of carbonyl (C=O) groups excluding carboxylic acids is 1. The average molecular weight is 429 g/mol. The van der Waals surface area contributed by atoms with Gasteiger partial charge in [0.15, 0.2) is 0 Å². The van der Waals surface area contributed by atoms with Gasteiger partial charge in [-0.25, -0.2) is 0 Å². The third kappa shape index (κ3) is 5.16. The quantitative estimate of drug-likeness (QED) is 0.260. The third-order valence-electron chi connectivity index (χ3n) is 5.12. The highest BCUT2D eigenvalue weighted by atomic mass is 32.2. The molecule has 150 valence electrons. The Hall–Kier alpha value is -2.49. The van der Waals surface area contributed by atoms with Gasteiger partial charge < -0.3 is 4.79 Å². The van der Waals surface area contributed by atoms with Gasteiger partial charge >= 0.3 is 0 Å². The minimum atomic E-state index is -0.121. The summed E-state index contributed by atoms with van der Waals surface area (Å²) in [6, 6.07) is 35.8. The number of carbonyl (C=O) groups is 1. The van der Waals surface area contributed by atoms with Gasteiger partial charge in [-0.3, -0.25) is 0 Å². The molecule has 3 heteroatoms. The van der Waals surface area contributed by atoms with Crippen molar-refractivity contribution in [2.75, 3.05) is 0 Å². The minimum absolute atomic E-state index is 0.0857. The van der Waals surface area contributed by atoms with Crippen molar-refractivity contribution < 1.29 is 4.79 Å². The van der Waals surface area contributed by atoms with Crippen LogP contribution in [0.25, 0.3) is 10.8 Å². The molecule has 0 heterocycles. The van der Waals surface area contributed by atoms with Gasteiger partial charge in [0.2, 0.25) is 0 Å². The molecule has 0 saturated carbocycles. The van der Waals surface area contributed by atoms with E-state index in [1.54, 1.807) is 11.8 Å². The molecule has 4 aromatic carbocycles. The largest absolute Gasteiger partial charge is 0.302 e. The van der Waals surface area contributed by atoms with Gasteiger partial charge in [0.1, 0.15) is 6.29 Å². The Balaban J connectivity index is 1.63. The first-order valence-corrected chi connectivity index (χ1v) is 12.2. The van der Waals surface area contributed by atoms with Gasteiger partial charge in [0.25, 0.3) is 0 Å². The van der Waals surface area contributed by atoms with Crippen molar-refractivity contribution >= 4 is 40.6 Å². The summed E-state index contributed by atoms with van der Waals surface area (Å²) in [5, 5.41) is 2.42. The lowest BCUT2D eigenvalue weighted by atomic mass is 10.0. The van der Waals surface area contributed by atoms with Gasteiger partial charge in [-0.05, 0) is 27.5 Å². The van der Waals surface area contributed by atoms with E-state index in [1.807, 2.05) is 23.9 Å². The second kappa shape index (κ2) is 10.5. The zero-order valence-electron chi connectivity index (χ0n) is 16.7. The molecule has 0 radical (unpaired) electrons. The van der Waals surface area contributed by atoms with Crippen LogP contribution in [0.15, 0.2) is 103 Å². The molecule has 0 bridgehead atoms. The molecule has 4 rings (SSSR count). The topological polar surface area (TPSA) is 17.1 Å². The summed E-state index contributed by atoms with van der Waals surface area (Å²) in [7, 11) is 0. The molecule has 0 saturated heterocycles. The van der Waals surface area contributed by atoms with E-state index in [0.717, 1.165) is 17.8 Å². The second-order valence-corrected chi connectivity index (χ2v) is 9.48. The van der Waals surface area contributed by atoms with E-state index in [0.29, 0.717) is 0 Å². The van der Waals surface area contributed by atoms with Crippen LogP contribution in [0.3, 0.4) is 0 Å². The normalized spacial score (nSPS) is 13.1. The molecule has 0 aliphatic carbocycles. The maximum absolute atomic E-state index is 12.3. The monoisotopic (exact) mass is 428 g/mol. The number of aldehydes is 1. The van der Waals surface area contributed by atoms with Crippen LogP contribution >= 0.6 is 23.5 Å². The summed E-state index contributed by atoms with van der Waals surface area (Å²) < 4.78 is 0. The highest BCUT2D eigenvalue weighted by Crippen LogP contribution is 2.42. The highest BCUT2D eigenvalue weighted by molar-refractivity contribution is 8.03. The van der Waals surface area contributed by atoms with Crippen LogP contribution in [0.1, 0.15) is 21.9 Å². The van der Waals surface area contributed by atoms with Crippen molar-refractivity contribution in [3.8, 4) is 0 Å². The Kier molecular flexibility index (Phi) is 7.28. The SMILES string of the molecule is O=CC(SCc1ccccc1)C(SCc1ccccc1)c1cccc2ccccc12. The number of hydrogen-bond donors (Lipinski definition) is 0. The maximum Gasteiger partial charge on any atom is 0.134 e. The smallest absolute Gasteiger partial charge is 0.134 e.